The highest BCUT2D eigenvalue weighted by atomic mass is 32.2. The molecule has 2 N–H and O–H groups in total. The molecule has 2 heterocycles. The summed E-state index contributed by atoms with van der Waals surface area (Å²) in [7, 11) is -3.37. The molecule has 0 unspecified atom stereocenters. The fraction of sp³-hybridized carbons (Fsp3) is 0.524. The van der Waals surface area contributed by atoms with Crippen LogP contribution in [0.2, 0.25) is 0 Å². The fourth-order valence-corrected chi connectivity index (χ4v) is 5.60. The molecule has 1 fully saturated rings. The molecular formula is C21H31N5O2S2. The van der Waals surface area contributed by atoms with Gasteiger partial charge in [-0.05, 0) is 43.4 Å². The van der Waals surface area contributed by atoms with Crippen molar-refractivity contribution in [2.75, 3.05) is 19.6 Å². The molecule has 3 rings (SSSR count). The highest BCUT2D eigenvalue weighted by Crippen LogP contribution is 2.21. The number of thiazole rings is 1. The molecule has 0 saturated carbocycles. The summed E-state index contributed by atoms with van der Waals surface area (Å²) in [5.74, 6) is 1.14. The van der Waals surface area contributed by atoms with Gasteiger partial charge in [-0.1, -0.05) is 26.0 Å². The van der Waals surface area contributed by atoms with Gasteiger partial charge in [-0.25, -0.2) is 18.4 Å². The van der Waals surface area contributed by atoms with Crippen LogP contribution in [0.5, 0.6) is 0 Å². The number of rotatable bonds is 8. The first-order valence-corrected chi connectivity index (χ1v) is 12.8. The Bertz CT molecular complexity index is 946. The van der Waals surface area contributed by atoms with E-state index in [0.29, 0.717) is 43.0 Å². The van der Waals surface area contributed by atoms with Crippen molar-refractivity contribution in [2.45, 2.75) is 57.5 Å². The second kappa shape index (κ2) is 10.4. The van der Waals surface area contributed by atoms with Gasteiger partial charge in [-0.2, -0.15) is 4.31 Å². The number of sulfonamides is 1. The number of aromatic nitrogens is 1. The summed E-state index contributed by atoms with van der Waals surface area (Å²) in [6.07, 6.45) is 1.87. The van der Waals surface area contributed by atoms with Gasteiger partial charge in [0, 0.05) is 25.0 Å². The number of benzene rings is 1. The Hall–Kier alpha value is -1.97. The molecule has 0 aliphatic carbocycles. The summed E-state index contributed by atoms with van der Waals surface area (Å²) in [5, 5.41) is 9.68. The van der Waals surface area contributed by atoms with Crippen molar-refractivity contribution >= 4 is 27.3 Å². The van der Waals surface area contributed by atoms with Crippen molar-refractivity contribution in [1.82, 2.24) is 19.9 Å². The molecule has 30 heavy (non-hydrogen) atoms. The predicted octanol–water partition coefficient (Wildman–Crippen LogP) is 3.31. The van der Waals surface area contributed by atoms with Gasteiger partial charge in [0.15, 0.2) is 5.96 Å². The third-order valence-electron chi connectivity index (χ3n) is 4.96. The molecule has 2 aromatic rings. The molecule has 0 radical (unpaired) electrons. The van der Waals surface area contributed by atoms with Crippen molar-refractivity contribution in [3.63, 3.8) is 0 Å². The van der Waals surface area contributed by atoms with E-state index in [4.69, 9.17) is 0 Å². The van der Waals surface area contributed by atoms with Crippen molar-refractivity contribution in [2.24, 2.45) is 4.99 Å². The fourth-order valence-electron chi connectivity index (χ4n) is 3.19. The number of nitrogens with zero attached hydrogens (tertiary/aromatic N) is 3. The molecule has 1 aliphatic rings. The number of hydrogen-bond acceptors (Lipinski definition) is 5. The van der Waals surface area contributed by atoms with E-state index in [-0.39, 0.29) is 0 Å². The Balaban J connectivity index is 1.61. The molecule has 1 aromatic heterocycles. The lowest BCUT2D eigenvalue weighted by molar-refractivity contribution is 0.477. The van der Waals surface area contributed by atoms with E-state index in [2.05, 4.69) is 39.8 Å². The lowest BCUT2D eigenvalue weighted by Crippen LogP contribution is -2.36. The van der Waals surface area contributed by atoms with Crippen LogP contribution in [0.25, 0.3) is 0 Å². The number of hydrogen-bond donors (Lipinski definition) is 2. The van der Waals surface area contributed by atoms with Gasteiger partial charge in [-0.3, -0.25) is 0 Å². The van der Waals surface area contributed by atoms with Gasteiger partial charge >= 0.3 is 0 Å². The lowest BCUT2D eigenvalue weighted by atomic mass is 10.2. The molecule has 0 amide bonds. The van der Waals surface area contributed by atoms with E-state index in [0.717, 1.165) is 35.7 Å². The number of nitrogens with one attached hydrogen (secondary N) is 2. The molecule has 164 valence electrons. The second-order valence-electron chi connectivity index (χ2n) is 7.62. The smallest absolute Gasteiger partial charge is 0.243 e. The number of guanidine groups is 1. The predicted molar refractivity (Wildman–Crippen MR) is 122 cm³/mol. The molecule has 1 saturated heterocycles. The van der Waals surface area contributed by atoms with E-state index in [1.165, 1.54) is 0 Å². The van der Waals surface area contributed by atoms with Crippen LogP contribution in [0.15, 0.2) is 39.5 Å². The lowest BCUT2D eigenvalue weighted by Gasteiger charge is -2.15. The number of aliphatic imine (C=N–C) groups is 1. The normalized spacial score (nSPS) is 15.7. The Kier molecular flexibility index (Phi) is 7.85. The van der Waals surface area contributed by atoms with E-state index >= 15 is 0 Å². The topological polar surface area (TPSA) is 86.7 Å². The molecule has 9 heteroatoms. The average molecular weight is 450 g/mol. The zero-order chi connectivity index (χ0) is 21.6. The summed E-state index contributed by atoms with van der Waals surface area (Å²) in [4.78, 5) is 9.61. The van der Waals surface area contributed by atoms with E-state index < -0.39 is 10.0 Å². The van der Waals surface area contributed by atoms with Crippen LogP contribution in [-0.2, 0) is 23.1 Å². The monoisotopic (exact) mass is 449 g/mol. The molecular weight excluding hydrogens is 418 g/mol. The standard InChI is InChI=1S/C21H31N5O2S2/c1-4-22-21(24-14-20-25-19(15-29-20)16(2)3)23-13-17-7-9-18(10-8-17)30(27,28)26-11-5-6-12-26/h7-10,15-16H,4-6,11-14H2,1-3H3,(H2,22,23,24). The SMILES string of the molecule is CCNC(=NCc1ccc(S(=O)(=O)N2CCCC2)cc1)NCc1nc(C(C)C)cs1. The highest BCUT2D eigenvalue weighted by Gasteiger charge is 2.26. The summed E-state index contributed by atoms with van der Waals surface area (Å²) >= 11 is 1.65. The quantitative estimate of drug-likeness (QED) is 0.477. The van der Waals surface area contributed by atoms with Gasteiger partial charge in [-0.15, -0.1) is 11.3 Å². The van der Waals surface area contributed by atoms with Crippen molar-refractivity contribution in [3.8, 4) is 0 Å². The van der Waals surface area contributed by atoms with Crippen LogP contribution in [-0.4, -0.2) is 43.3 Å². The maximum absolute atomic E-state index is 12.6. The molecule has 0 atom stereocenters. The maximum atomic E-state index is 12.6. The van der Waals surface area contributed by atoms with Gasteiger partial charge in [0.2, 0.25) is 10.0 Å². The molecule has 1 aromatic carbocycles. The molecule has 0 spiro atoms. The minimum atomic E-state index is -3.37. The van der Waals surface area contributed by atoms with Crippen LogP contribution in [0.3, 0.4) is 0 Å². The average Bonchev–Trinajstić information content (AvgIpc) is 3.43. The molecule has 7 nitrogen and oxygen atoms in total. The minimum Gasteiger partial charge on any atom is -0.357 e. The van der Waals surface area contributed by atoms with E-state index in [1.54, 1.807) is 27.8 Å². The Labute approximate surface area is 183 Å². The van der Waals surface area contributed by atoms with Crippen LogP contribution < -0.4 is 10.6 Å². The van der Waals surface area contributed by atoms with Crippen molar-refractivity contribution in [1.29, 1.82) is 0 Å². The van der Waals surface area contributed by atoms with Gasteiger partial charge in [0.25, 0.3) is 0 Å². The minimum absolute atomic E-state index is 0.354. The Morgan fingerprint density at radius 3 is 2.50 bits per heavy atom. The van der Waals surface area contributed by atoms with Gasteiger partial charge < -0.3 is 10.6 Å². The summed E-state index contributed by atoms with van der Waals surface area (Å²) in [5.41, 5.74) is 2.08. The first-order chi connectivity index (χ1) is 14.4. The van der Waals surface area contributed by atoms with Crippen molar-refractivity contribution in [3.05, 3.63) is 45.9 Å². The van der Waals surface area contributed by atoms with Crippen molar-refractivity contribution < 1.29 is 8.42 Å². The first-order valence-electron chi connectivity index (χ1n) is 10.5. The van der Waals surface area contributed by atoms with Crippen LogP contribution in [0, 0.1) is 0 Å². The van der Waals surface area contributed by atoms with E-state index in [1.807, 2.05) is 19.1 Å². The van der Waals surface area contributed by atoms with Gasteiger partial charge in [0.05, 0.1) is 23.7 Å². The largest absolute Gasteiger partial charge is 0.357 e. The summed E-state index contributed by atoms with van der Waals surface area (Å²) in [6, 6.07) is 7.04. The van der Waals surface area contributed by atoms with Crippen LogP contribution in [0.4, 0.5) is 0 Å². The Morgan fingerprint density at radius 1 is 1.20 bits per heavy atom. The van der Waals surface area contributed by atoms with Crippen LogP contribution in [0.1, 0.15) is 55.8 Å². The zero-order valence-corrected chi connectivity index (χ0v) is 19.5. The van der Waals surface area contributed by atoms with E-state index in [9.17, 15) is 8.42 Å². The second-order valence-corrected chi connectivity index (χ2v) is 10.5. The first kappa shape index (κ1) is 22.7. The molecule has 1 aliphatic heterocycles. The highest BCUT2D eigenvalue weighted by molar-refractivity contribution is 7.89. The third-order valence-corrected chi connectivity index (χ3v) is 7.74. The van der Waals surface area contributed by atoms with Gasteiger partial charge in [0.1, 0.15) is 5.01 Å². The molecule has 0 bridgehead atoms. The maximum Gasteiger partial charge on any atom is 0.243 e. The van der Waals surface area contributed by atoms with Crippen LogP contribution >= 0.6 is 11.3 Å². The third kappa shape index (κ3) is 5.80. The Morgan fingerprint density at radius 2 is 1.90 bits per heavy atom. The summed E-state index contributed by atoms with van der Waals surface area (Å²) in [6.45, 7) is 9.38. The summed E-state index contributed by atoms with van der Waals surface area (Å²) < 4.78 is 26.8. The zero-order valence-electron chi connectivity index (χ0n) is 17.9.